The van der Waals surface area contributed by atoms with E-state index in [1.807, 2.05) is 5.38 Å². The SMILES string of the molecule is CCOC(=O)C1=C(CN2CC[C@@H]3C(=O)N(c4ccc(C(=O)O)c(C)c4)C[C@@H]3C2)NC(c2nccs2)=N[C@H]1c1cccc(F)c1Cl. The number of benzene rings is 2. The highest BCUT2D eigenvalue weighted by atomic mass is 35.5. The van der Waals surface area contributed by atoms with Gasteiger partial charge in [0.2, 0.25) is 5.91 Å². The Morgan fingerprint density at radius 3 is 2.78 bits per heavy atom. The molecule has 0 unspecified atom stereocenters. The number of hydrogen-bond donors (Lipinski definition) is 2. The maximum absolute atomic E-state index is 14.6. The zero-order chi connectivity index (χ0) is 31.8. The number of fused-ring (bicyclic) bond motifs is 1. The number of aromatic carboxylic acids is 1. The zero-order valence-corrected chi connectivity index (χ0v) is 26.2. The zero-order valence-electron chi connectivity index (χ0n) is 24.6. The number of amides is 1. The predicted molar refractivity (Wildman–Crippen MR) is 168 cm³/mol. The molecule has 0 saturated carbocycles. The number of anilines is 1. The van der Waals surface area contributed by atoms with E-state index in [0.29, 0.717) is 66.0 Å². The van der Waals surface area contributed by atoms with Gasteiger partial charge in [-0.25, -0.2) is 19.0 Å². The molecular formula is C32H31ClFN5O5S. The number of hydrogen-bond acceptors (Lipinski definition) is 9. The molecule has 2 fully saturated rings. The number of amidine groups is 1. The topological polar surface area (TPSA) is 124 Å². The number of carbonyl (C=O) groups excluding carboxylic acids is 2. The van der Waals surface area contributed by atoms with E-state index in [1.165, 1.54) is 29.5 Å². The number of likely N-dealkylation sites (tertiary alicyclic amines) is 1. The van der Waals surface area contributed by atoms with Crippen molar-refractivity contribution in [3.05, 3.63) is 91.8 Å². The minimum absolute atomic E-state index is 0.0292. The summed E-state index contributed by atoms with van der Waals surface area (Å²) in [7, 11) is 0. The lowest BCUT2D eigenvalue weighted by atomic mass is 9.88. The van der Waals surface area contributed by atoms with Crippen molar-refractivity contribution in [1.82, 2.24) is 15.2 Å². The van der Waals surface area contributed by atoms with Crippen LogP contribution in [0.4, 0.5) is 10.1 Å². The second kappa shape index (κ2) is 12.7. The van der Waals surface area contributed by atoms with Gasteiger partial charge in [0.1, 0.15) is 11.9 Å². The second-order valence-corrected chi connectivity index (χ2v) is 12.5. The van der Waals surface area contributed by atoms with E-state index in [-0.39, 0.29) is 40.5 Å². The maximum Gasteiger partial charge on any atom is 0.338 e. The molecule has 0 radical (unpaired) electrons. The minimum Gasteiger partial charge on any atom is -0.478 e. The van der Waals surface area contributed by atoms with E-state index in [9.17, 15) is 23.9 Å². The molecule has 4 heterocycles. The number of aromatic nitrogens is 1. The number of carboxylic acid groups (broad SMARTS) is 1. The van der Waals surface area contributed by atoms with Crippen LogP contribution in [0.1, 0.15) is 45.9 Å². The fraction of sp³-hybridized carbons (Fsp3) is 0.344. The lowest BCUT2D eigenvalue weighted by molar-refractivity contribution is -0.139. The van der Waals surface area contributed by atoms with Gasteiger partial charge in [0.05, 0.1) is 22.8 Å². The first kappa shape index (κ1) is 30.9. The molecule has 1 amide bonds. The first-order valence-electron chi connectivity index (χ1n) is 14.6. The molecule has 2 aromatic carbocycles. The summed E-state index contributed by atoms with van der Waals surface area (Å²) in [5.41, 5.74) is 2.62. The first-order chi connectivity index (χ1) is 21.7. The van der Waals surface area contributed by atoms with Crippen LogP contribution in [0.2, 0.25) is 5.02 Å². The molecule has 234 valence electrons. The van der Waals surface area contributed by atoms with Crippen LogP contribution in [-0.4, -0.2) is 71.5 Å². The van der Waals surface area contributed by atoms with Gasteiger partial charge in [-0.05, 0) is 56.6 Å². The molecule has 3 aliphatic heterocycles. The molecule has 0 aliphatic carbocycles. The number of carboxylic acids is 1. The van der Waals surface area contributed by atoms with Gasteiger partial charge in [0.25, 0.3) is 0 Å². The molecule has 45 heavy (non-hydrogen) atoms. The van der Waals surface area contributed by atoms with Gasteiger partial charge in [-0.2, -0.15) is 0 Å². The summed E-state index contributed by atoms with van der Waals surface area (Å²) in [6.45, 7) is 5.60. The Morgan fingerprint density at radius 1 is 1.24 bits per heavy atom. The highest BCUT2D eigenvalue weighted by Gasteiger charge is 2.44. The number of ether oxygens (including phenoxy) is 1. The molecule has 0 spiro atoms. The number of piperidine rings is 1. The monoisotopic (exact) mass is 651 g/mol. The van der Waals surface area contributed by atoms with Crippen LogP contribution in [0.25, 0.3) is 0 Å². The van der Waals surface area contributed by atoms with Crippen molar-refractivity contribution >= 4 is 52.3 Å². The van der Waals surface area contributed by atoms with Gasteiger partial charge < -0.3 is 20.1 Å². The van der Waals surface area contributed by atoms with Crippen LogP contribution < -0.4 is 10.2 Å². The van der Waals surface area contributed by atoms with Crippen molar-refractivity contribution in [3.8, 4) is 0 Å². The highest BCUT2D eigenvalue weighted by Crippen LogP contribution is 2.39. The summed E-state index contributed by atoms with van der Waals surface area (Å²) in [5.74, 6) is -1.86. The van der Waals surface area contributed by atoms with E-state index in [2.05, 4.69) is 15.2 Å². The fourth-order valence-corrected chi connectivity index (χ4v) is 7.19. The van der Waals surface area contributed by atoms with Gasteiger partial charge >= 0.3 is 11.9 Å². The standard InChI is InChI=1S/C32H31ClFN5O5S/c1-3-44-32(43)25-24(36-28(29-35-10-12-45-29)37-27(25)22-5-4-6-23(34)26(22)33)16-38-11-9-21-18(14-38)15-39(30(21)40)19-7-8-20(31(41)42)17(2)13-19/h4-8,10,12-13,18,21,27H,3,9,11,14-16H2,1-2H3,(H,36,37)(H,41,42)/t18-,21-,27-/m0/s1. The maximum atomic E-state index is 14.6. The van der Waals surface area contributed by atoms with Gasteiger partial charge in [-0.15, -0.1) is 11.3 Å². The van der Waals surface area contributed by atoms with Crippen molar-refractivity contribution in [2.75, 3.05) is 37.7 Å². The number of nitrogens with one attached hydrogen (secondary N) is 1. The quantitative estimate of drug-likeness (QED) is 0.332. The van der Waals surface area contributed by atoms with Gasteiger partial charge in [-0.1, -0.05) is 23.7 Å². The minimum atomic E-state index is -1.01. The van der Waals surface area contributed by atoms with E-state index in [1.54, 1.807) is 43.1 Å². The normalized spacial score (nSPS) is 21.8. The summed E-state index contributed by atoms with van der Waals surface area (Å²) in [5, 5.41) is 15.0. The fourth-order valence-electron chi connectivity index (χ4n) is 6.37. The third-order valence-electron chi connectivity index (χ3n) is 8.48. The van der Waals surface area contributed by atoms with Crippen LogP contribution in [-0.2, 0) is 14.3 Å². The number of esters is 1. The lowest BCUT2D eigenvalue weighted by Gasteiger charge is -2.36. The molecule has 2 saturated heterocycles. The van der Waals surface area contributed by atoms with Gasteiger partial charge in [0, 0.05) is 60.0 Å². The van der Waals surface area contributed by atoms with Crippen LogP contribution >= 0.6 is 22.9 Å². The van der Waals surface area contributed by atoms with Crippen molar-refractivity contribution in [3.63, 3.8) is 0 Å². The summed E-state index contributed by atoms with van der Waals surface area (Å²) in [4.78, 5) is 51.6. The first-order valence-corrected chi connectivity index (χ1v) is 15.9. The van der Waals surface area contributed by atoms with Crippen LogP contribution in [0.5, 0.6) is 0 Å². The molecule has 13 heteroatoms. The predicted octanol–water partition coefficient (Wildman–Crippen LogP) is 4.84. The van der Waals surface area contributed by atoms with Crippen LogP contribution in [0, 0.1) is 24.6 Å². The average molecular weight is 652 g/mol. The van der Waals surface area contributed by atoms with E-state index < -0.39 is 23.8 Å². The molecule has 10 nitrogen and oxygen atoms in total. The summed E-state index contributed by atoms with van der Waals surface area (Å²) >= 11 is 7.81. The highest BCUT2D eigenvalue weighted by molar-refractivity contribution is 7.11. The molecule has 3 aliphatic rings. The summed E-state index contributed by atoms with van der Waals surface area (Å²) in [6, 6.07) is 8.47. The molecule has 2 N–H and O–H groups in total. The number of thiazole rings is 1. The number of rotatable bonds is 8. The Bertz CT molecular complexity index is 1730. The van der Waals surface area contributed by atoms with Crippen molar-refractivity contribution in [2.24, 2.45) is 16.8 Å². The number of halogens is 2. The van der Waals surface area contributed by atoms with Crippen molar-refractivity contribution in [2.45, 2.75) is 26.3 Å². The van der Waals surface area contributed by atoms with E-state index >= 15 is 0 Å². The molecule has 6 rings (SSSR count). The van der Waals surface area contributed by atoms with Crippen molar-refractivity contribution < 1.29 is 28.6 Å². The Morgan fingerprint density at radius 2 is 2.07 bits per heavy atom. The summed E-state index contributed by atoms with van der Waals surface area (Å²) in [6.07, 6.45) is 2.28. The van der Waals surface area contributed by atoms with E-state index in [0.717, 1.165) is 0 Å². The Kier molecular flexibility index (Phi) is 8.71. The molecule has 3 aromatic rings. The third-order valence-corrected chi connectivity index (χ3v) is 9.66. The molecule has 3 atom stereocenters. The Hall–Kier alpha value is -4.13. The number of nitrogens with zero attached hydrogens (tertiary/aromatic N) is 4. The molecule has 0 bridgehead atoms. The number of aryl methyl sites for hydroxylation is 1. The van der Waals surface area contributed by atoms with Crippen LogP contribution in [0.15, 0.2) is 64.2 Å². The van der Waals surface area contributed by atoms with Gasteiger partial charge in [-0.3, -0.25) is 14.7 Å². The Balaban J connectivity index is 1.30. The average Bonchev–Trinajstić information content (AvgIpc) is 3.66. The second-order valence-electron chi connectivity index (χ2n) is 11.2. The summed E-state index contributed by atoms with van der Waals surface area (Å²) < 4.78 is 20.1. The van der Waals surface area contributed by atoms with Crippen LogP contribution in [0.3, 0.4) is 0 Å². The smallest absolute Gasteiger partial charge is 0.338 e. The number of carbonyl (C=O) groups is 3. The Labute approximate surface area is 268 Å². The van der Waals surface area contributed by atoms with E-state index in [4.69, 9.17) is 21.3 Å². The molecule has 1 aromatic heterocycles. The lowest BCUT2D eigenvalue weighted by Crippen LogP contribution is -2.45. The molecular weight excluding hydrogens is 621 g/mol. The third kappa shape index (κ3) is 5.97. The largest absolute Gasteiger partial charge is 0.478 e. The number of aliphatic imine (C=N–C) groups is 1. The van der Waals surface area contributed by atoms with Crippen molar-refractivity contribution in [1.29, 1.82) is 0 Å². The van der Waals surface area contributed by atoms with Gasteiger partial charge in [0.15, 0.2) is 10.8 Å².